The van der Waals surface area contributed by atoms with Gasteiger partial charge < -0.3 is 4.90 Å². The monoisotopic (exact) mass is 496 g/mol. The lowest BCUT2D eigenvalue weighted by Crippen LogP contribution is -2.77. The Morgan fingerprint density at radius 1 is 1.12 bits per heavy atom. The zero-order valence-electron chi connectivity index (χ0n) is 18.4. The third-order valence-corrected chi connectivity index (χ3v) is 7.73. The molecule has 2 aromatic rings. The summed E-state index contributed by atoms with van der Waals surface area (Å²) >= 11 is 0. The van der Waals surface area contributed by atoms with Gasteiger partial charge in [-0.1, -0.05) is 18.2 Å². The lowest BCUT2D eigenvalue weighted by molar-refractivity contribution is -0.168. The number of benzene rings is 2. The summed E-state index contributed by atoms with van der Waals surface area (Å²) in [6.45, 7) is 0. The summed E-state index contributed by atoms with van der Waals surface area (Å²) in [7, 11) is -3.82. The molecule has 2 heterocycles. The molecule has 2 saturated heterocycles. The Hall–Kier alpha value is -2.46. The molecule has 2 aliphatic carbocycles. The molecule has 182 valence electrons. The fraction of sp³-hybridized carbons (Fsp3) is 0.458. The molecule has 0 aromatic heterocycles. The highest BCUT2D eigenvalue weighted by atomic mass is 32.2. The number of nitrogens with zero attached hydrogens (tertiary/aromatic N) is 1. The number of carbonyl (C=O) groups is 1. The molecule has 34 heavy (non-hydrogen) atoms. The number of halogens is 4. The summed E-state index contributed by atoms with van der Waals surface area (Å²) in [6, 6.07) is 4.51. The maximum atomic E-state index is 15.6. The first-order chi connectivity index (χ1) is 15.9. The van der Waals surface area contributed by atoms with Gasteiger partial charge in [-0.15, -0.1) is 0 Å². The van der Waals surface area contributed by atoms with Gasteiger partial charge in [-0.05, 0) is 42.5 Å². The van der Waals surface area contributed by atoms with Crippen molar-refractivity contribution in [3.63, 3.8) is 0 Å². The van der Waals surface area contributed by atoms with Crippen LogP contribution in [0.25, 0.3) is 11.1 Å². The Bertz CT molecular complexity index is 1240. The topological polar surface area (TPSA) is 66.5 Å². The predicted molar refractivity (Wildman–Crippen MR) is 117 cm³/mol. The van der Waals surface area contributed by atoms with Crippen LogP contribution in [0.15, 0.2) is 36.4 Å². The van der Waals surface area contributed by atoms with Crippen molar-refractivity contribution in [2.75, 3.05) is 6.26 Å². The first-order valence-corrected chi connectivity index (χ1v) is 13.1. The number of hydrogen-bond acceptors (Lipinski definition) is 3. The molecular formula is C24H24F4N2O3S. The standard InChI is InChI=1S/C24H24F4N2O3S/c1-34(32,33)29-22-20(30(23(31)13-5-6-13)18-11-24(22,28)12-18)9-14-3-2-4-19(21(14)27)15-7-16(25)10-17(26)8-15/h2-4,7-8,10,13,18,20,22,29H,5-6,9,11-12H2,1H3. The Morgan fingerprint density at radius 3 is 2.35 bits per heavy atom. The molecule has 4 fully saturated rings. The second kappa shape index (κ2) is 8.05. The SMILES string of the molecule is CS(=O)(=O)NC1C(Cc2cccc(-c3cc(F)cc(F)c3)c2F)N(C(=O)C2CC2)C2CC1(F)C2. The van der Waals surface area contributed by atoms with Gasteiger partial charge in [-0.2, -0.15) is 0 Å². The van der Waals surface area contributed by atoms with Crippen LogP contribution in [0, 0.1) is 23.4 Å². The fourth-order valence-corrected chi connectivity index (χ4v) is 6.19. The van der Waals surface area contributed by atoms with Gasteiger partial charge in [0.25, 0.3) is 0 Å². The van der Waals surface area contributed by atoms with Gasteiger partial charge in [0.2, 0.25) is 15.9 Å². The van der Waals surface area contributed by atoms with E-state index in [1.165, 1.54) is 18.2 Å². The molecule has 0 spiro atoms. The highest BCUT2D eigenvalue weighted by Crippen LogP contribution is 2.51. The van der Waals surface area contributed by atoms with Crippen molar-refractivity contribution in [2.45, 2.75) is 55.9 Å². The summed E-state index contributed by atoms with van der Waals surface area (Å²) in [5, 5.41) is 0. The summed E-state index contributed by atoms with van der Waals surface area (Å²) in [6.07, 6.45) is 2.26. The van der Waals surface area contributed by atoms with Crippen LogP contribution in [0.1, 0.15) is 31.2 Å². The normalized spacial score (nSPS) is 28.5. The fourth-order valence-electron chi connectivity index (χ4n) is 5.36. The molecular weight excluding hydrogens is 472 g/mol. The van der Waals surface area contributed by atoms with Crippen LogP contribution in [0.5, 0.6) is 0 Å². The van der Waals surface area contributed by atoms with Crippen LogP contribution >= 0.6 is 0 Å². The van der Waals surface area contributed by atoms with Gasteiger partial charge in [0.15, 0.2) is 0 Å². The maximum absolute atomic E-state index is 15.6. The third-order valence-electron chi connectivity index (χ3n) is 7.05. The molecule has 2 aromatic carbocycles. The number of alkyl halides is 1. The summed E-state index contributed by atoms with van der Waals surface area (Å²) < 4.78 is 85.1. The molecule has 4 aliphatic rings. The predicted octanol–water partition coefficient (Wildman–Crippen LogP) is 3.72. The molecule has 6 rings (SSSR count). The number of hydrogen-bond donors (Lipinski definition) is 1. The molecule has 2 atom stereocenters. The van der Waals surface area contributed by atoms with Crippen molar-refractivity contribution < 1.29 is 30.8 Å². The molecule has 1 N–H and O–H groups in total. The third kappa shape index (κ3) is 4.22. The van der Waals surface area contributed by atoms with Gasteiger partial charge >= 0.3 is 0 Å². The van der Waals surface area contributed by atoms with Crippen molar-refractivity contribution in [3.8, 4) is 11.1 Å². The first-order valence-electron chi connectivity index (χ1n) is 11.2. The smallest absolute Gasteiger partial charge is 0.226 e. The van der Waals surface area contributed by atoms with Gasteiger partial charge in [0.05, 0.1) is 18.3 Å². The molecule has 2 saturated carbocycles. The number of piperidine rings is 2. The average Bonchev–Trinajstić information content (AvgIpc) is 3.54. The molecule has 10 heteroatoms. The van der Waals surface area contributed by atoms with E-state index < -0.39 is 45.2 Å². The quantitative estimate of drug-likeness (QED) is 0.620. The second-order valence-electron chi connectivity index (χ2n) is 9.69. The van der Waals surface area contributed by atoms with Crippen molar-refractivity contribution in [2.24, 2.45) is 5.92 Å². The number of nitrogens with one attached hydrogen (secondary N) is 1. The van der Waals surface area contributed by atoms with E-state index in [0.29, 0.717) is 18.9 Å². The zero-order valence-corrected chi connectivity index (χ0v) is 19.2. The van der Waals surface area contributed by atoms with E-state index in [0.717, 1.165) is 18.4 Å². The van der Waals surface area contributed by atoms with E-state index in [1.807, 2.05) is 0 Å². The van der Waals surface area contributed by atoms with Gasteiger partial charge in [0, 0.05) is 36.4 Å². The number of fused-ring (bicyclic) bond motifs is 2. The zero-order chi connectivity index (χ0) is 24.4. The number of sulfonamides is 1. The minimum absolute atomic E-state index is 0.00188. The van der Waals surface area contributed by atoms with E-state index in [-0.39, 0.29) is 53.8 Å². The first kappa shape index (κ1) is 23.3. The number of carbonyl (C=O) groups excluding carboxylic acids is 1. The van der Waals surface area contributed by atoms with Crippen molar-refractivity contribution in [1.82, 2.24) is 9.62 Å². The van der Waals surface area contributed by atoms with Gasteiger partial charge in [-0.3, -0.25) is 4.79 Å². The van der Waals surface area contributed by atoms with Crippen LogP contribution in [-0.2, 0) is 21.2 Å². The van der Waals surface area contributed by atoms with Crippen LogP contribution < -0.4 is 4.72 Å². The number of rotatable bonds is 6. The van der Waals surface area contributed by atoms with Crippen LogP contribution in [0.3, 0.4) is 0 Å². The lowest BCUT2D eigenvalue weighted by atomic mass is 9.64. The van der Waals surface area contributed by atoms with Gasteiger partial charge in [0.1, 0.15) is 23.1 Å². The van der Waals surface area contributed by atoms with E-state index in [9.17, 15) is 22.0 Å². The highest BCUT2D eigenvalue weighted by molar-refractivity contribution is 7.88. The minimum atomic E-state index is -3.82. The summed E-state index contributed by atoms with van der Waals surface area (Å²) in [4.78, 5) is 14.7. The average molecular weight is 497 g/mol. The summed E-state index contributed by atoms with van der Waals surface area (Å²) in [5.41, 5.74) is -1.77. The molecule has 0 radical (unpaired) electrons. The van der Waals surface area contributed by atoms with Gasteiger partial charge in [-0.25, -0.2) is 30.7 Å². The van der Waals surface area contributed by atoms with Crippen LogP contribution in [0.2, 0.25) is 0 Å². The van der Waals surface area contributed by atoms with Crippen molar-refractivity contribution in [3.05, 3.63) is 59.4 Å². The molecule has 1 amide bonds. The maximum Gasteiger partial charge on any atom is 0.226 e. The van der Waals surface area contributed by atoms with Crippen molar-refractivity contribution >= 4 is 15.9 Å². The molecule has 2 aliphatic heterocycles. The molecule has 5 nitrogen and oxygen atoms in total. The largest absolute Gasteiger partial charge is 0.334 e. The highest BCUT2D eigenvalue weighted by Gasteiger charge is 2.64. The van der Waals surface area contributed by atoms with E-state index in [1.54, 1.807) is 4.90 Å². The van der Waals surface area contributed by atoms with E-state index in [2.05, 4.69) is 4.72 Å². The van der Waals surface area contributed by atoms with Crippen LogP contribution in [-0.4, -0.2) is 49.3 Å². The minimum Gasteiger partial charge on any atom is -0.334 e. The Balaban J connectivity index is 1.54. The molecule has 2 bridgehead atoms. The van der Waals surface area contributed by atoms with Crippen molar-refractivity contribution in [1.29, 1.82) is 0 Å². The Kier molecular flexibility index (Phi) is 5.51. The lowest BCUT2D eigenvalue weighted by Gasteiger charge is -2.61. The van der Waals surface area contributed by atoms with E-state index >= 15 is 8.78 Å². The summed E-state index contributed by atoms with van der Waals surface area (Å²) in [5.74, 6) is -2.81. The van der Waals surface area contributed by atoms with E-state index in [4.69, 9.17) is 0 Å². The number of amides is 1. The Labute approximate surface area is 195 Å². The Morgan fingerprint density at radius 2 is 1.76 bits per heavy atom. The second-order valence-corrected chi connectivity index (χ2v) is 11.5. The molecule has 2 unspecified atom stereocenters. The van der Waals surface area contributed by atoms with Crippen LogP contribution in [0.4, 0.5) is 17.6 Å².